The summed E-state index contributed by atoms with van der Waals surface area (Å²) in [5.74, 6) is -1.28. The number of rotatable bonds is 2. The molecule has 4 rings (SSSR count). The Morgan fingerprint density at radius 1 is 1.19 bits per heavy atom. The number of nitrogens with zero attached hydrogens (tertiary/aromatic N) is 2. The molecule has 3 heterocycles. The van der Waals surface area contributed by atoms with Gasteiger partial charge in [0.15, 0.2) is 0 Å². The molecule has 10 nitrogen and oxygen atoms in total. The van der Waals surface area contributed by atoms with Crippen molar-refractivity contribution in [3.8, 4) is 5.75 Å². The molecule has 0 aromatic heterocycles. The SMILES string of the molecule is C[C@H]1COc2ccccc2C(=O)N[C@@H](CC(=O)N2CC(O)C2)C(=O)N2CCC[C@@H]2C(=O)N1. The van der Waals surface area contributed by atoms with Crippen LogP contribution in [0.4, 0.5) is 0 Å². The van der Waals surface area contributed by atoms with Gasteiger partial charge >= 0.3 is 0 Å². The molecule has 1 aromatic carbocycles. The van der Waals surface area contributed by atoms with Crippen LogP contribution in [0.2, 0.25) is 0 Å². The van der Waals surface area contributed by atoms with Gasteiger partial charge in [-0.05, 0) is 31.9 Å². The van der Waals surface area contributed by atoms with Crippen molar-refractivity contribution >= 4 is 23.6 Å². The third kappa shape index (κ3) is 4.55. The normalized spacial score (nSPS) is 26.9. The number of nitrogens with one attached hydrogen (secondary N) is 2. The molecule has 4 amide bonds. The molecule has 3 aliphatic rings. The van der Waals surface area contributed by atoms with Gasteiger partial charge in [0.2, 0.25) is 17.7 Å². The van der Waals surface area contributed by atoms with Crippen molar-refractivity contribution in [1.29, 1.82) is 0 Å². The van der Waals surface area contributed by atoms with Gasteiger partial charge in [0.25, 0.3) is 5.91 Å². The van der Waals surface area contributed by atoms with E-state index in [1.807, 2.05) is 0 Å². The van der Waals surface area contributed by atoms with E-state index in [1.54, 1.807) is 31.2 Å². The van der Waals surface area contributed by atoms with E-state index < -0.39 is 30.0 Å². The lowest BCUT2D eigenvalue weighted by molar-refractivity contribution is -0.146. The number of aliphatic hydroxyl groups excluding tert-OH is 1. The number of aliphatic hydroxyl groups is 1. The highest BCUT2D eigenvalue weighted by Gasteiger charge is 2.40. The topological polar surface area (TPSA) is 128 Å². The number of likely N-dealkylation sites (tertiary alicyclic amines) is 1. The van der Waals surface area contributed by atoms with Crippen LogP contribution in [-0.4, -0.2) is 89.0 Å². The first-order chi connectivity index (χ1) is 15.3. The molecule has 10 heteroatoms. The number of carbonyl (C=O) groups is 4. The lowest BCUT2D eigenvalue weighted by Gasteiger charge is -2.37. The maximum absolute atomic E-state index is 13.4. The molecule has 0 saturated carbocycles. The van der Waals surface area contributed by atoms with Crippen molar-refractivity contribution in [2.24, 2.45) is 0 Å². The summed E-state index contributed by atoms with van der Waals surface area (Å²) in [5, 5.41) is 15.1. The molecule has 3 atom stereocenters. The monoisotopic (exact) mass is 444 g/mol. The Kier molecular flexibility index (Phi) is 6.31. The average molecular weight is 444 g/mol. The lowest BCUT2D eigenvalue weighted by atomic mass is 10.1. The van der Waals surface area contributed by atoms with Crippen LogP contribution in [-0.2, 0) is 14.4 Å². The molecule has 0 bridgehead atoms. The molecule has 0 spiro atoms. The maximum Gasteiger partial charge on any atom is 0.255 e. The van der Waals surface area contributed by atoms with E-state index in [4.69, 9.17) is 4.74 Å². The van der Waals surface area contributed by atoms with Crippen LogP contribution >= 0.6 is 0 Å². The minimum absolute atomic E-state index is 0.163. The molecular weight excluding hydrogens is 416 g/mol. The number of para-hydroxylation sites is 1. The highest BCUT2D eigenvalue weighted by molar-refractivity contribution is 6.01. The van der Waals surface area contributed by atoms with Crippen molar-refractivity contribution in [3.05, 3.63) is 29.8 Å². The van der Waals surface area contributed by atoms with Crippen LogP contribution < -0.4 is 15.4 Å². The van der Waals surface area contributed by atoms with Gasteiger partial charge in [0, 0.05) is 19.6 Å². The molecule has 2 saturated heterocycles. The Bertz CT molecular complexity index is 915. The average Bonchev–Trinajstić information content (AvgIpc) is 3.24. The van der Waals surface area contributed by atoms with Gasteiger partial charge in [-0.3, -0.25) is 19.2 Å². The maximum atomic E-state index is 13.4. The molecule has 32 heavy (non-hydrogen) atoms. The largest absolute Gasteiger partial charge is 0.491 e. The van der Waals surface area contributed by atoms with Crippen molar-refractivity contribution in [2.45, 2.75) is 50.4 Å². The summed E-state index contributed by atoms with van der Waals surface area (Å²) in [5.41, 5.74) is 0.243. The Morgan fingerprint density at radius 3 is 2.69 bits per heavy atom. The number of ether oxygens (including phenoxy) is 1. The van der Waals surface area contributed by atoms with Gasteiger partial charge in [-0.15, -0.1) is 0 Å². The van der Waals surface area contributed by atoms with Gasteiger partial charge in [-0.1, -0.05) is 12.1 Å². The smallest absolute Gasteiger partial charge is 0.255 e. The van der Waals surface area contributed by atoms with Gasteiger partial charge < -0.3 is 30.3 Å². The first-order valence-corrected chi connectivity index (χ1v) is 10.9. The summed E-state index contributed by atoms with van der Waals surface area (Å²) < 4.78 is 5.79. The van der Waals surface area contributed by atoms with Gasteiger partial charge in [0.1, 0.15) is 24.4 Å². The number of amides is 4. The molecule has 2 fully saturated rings. The molecule has 0 radical (unpaired) electrons. The Balaban J connectivity index is 1.63. The van der Waals surface area contributed by atoms with Gasteiger partial charge in [-0.2, -0.15) is 0 Å². The fraction of sp³-hybridized carbons (Fsp3) is 0.545. The predicted molar refractivity (Wildman–Crippen MR) is 113 cm³/mol. The fourth-order valence-corrected chi connectivity index (χ4v) is 4.28. The number of benzene rings is 1. The second-order valence-electron chi connectivity index (χ2n) is 8.59. The van der Waals surface area contributed by atoms with Crippen LogP contribution in [0.5, 0.6) is 5.75 Å². The predicted octanol–water partition coefficient (Wildman–Crippen LogP) is -0.734. The third-order valence-corrected chi connectivity index (χ3v) is 6.04. The Labute approximate surface area is 185 Å². The quantitative estimate of drug-likeness (QED) is 0.552. The standard InChI is InChI=1S/C22H28N4O6/c1-13-12-32-18-7-3-2-5-15(18)20(29)24-16(9-19(28)25-10-14(27)11-25)22(31)26-8-4-6-17(26)21(30)23-13/h2-3,5,7,13-14,16-17,27H,4,6,8-12H2,1H3,(H,23,30)(H,24,29)/t13-,16-,17+/m0/s1. The molecule has 3 N–H and O–H groups in total. The first-order valence-electron chi connectivity index (χ1n) is 10.9. The van der Waals surface area contributed by atoms with Crippen LogP contribution in [0.15, 0.2) is 24.3 Å². The molecule has 1 aromatic rings. The highest BCUT2D eigenvalue weighted by atomic mass is 16.5. The molecule has 0 unspecified atom stereocenters. The van der Waals surface area contributed by atoms with E-state index >= 15 is 0 Å². The number of carbonyl (C=O) groups excluding carboxylic acids is 4. The lowest BCUT2D eigenvalue weighted by Crippen LogP contribution is -2.58. The zero-order chi connectivity index (χ0) is 22.8. The van der Waals surface area contributed by atoms with Gasteiger partial charge in [-0.25, -0.2) is 0 Å². The number of β-amino-alcohol motifs (C(OH)–C–C–N with tert-alkyl or cyclic N) is 1. The Morgan fingerprint density at radius 2 is 1.94 bits per heavy atom. The summed E-state index contributed by atoms with van der Waals surface area (Å²) in [6.07, 6.45) is 0.353. The van der Waals surface area contributed by atoms with E-state index in [9.17, 15) is 24.3 Å². The van der Waals surface area contributed by atoms with Crippen molar-refractivity contribution in [3.63, 3.8) is 0 Å². The highest BCUT2D eigenvalue weighted by Crippen LogP contribution is 2.23. The van der Waals surface area contributed by atoms with E-state index in [2.05, 4.69) is 10.6 Å². The summed E-state index contributed by atoms with van der Waals surface area (Å²) in [7, 11) is 0. The molecule has 0 aliphatic carbocycles. The van der Waals surface area contributed by atoms with Gasteiger partial charge in [0.05, 0.1) is 24.1 Å². The van der Waals surface area contributed by atoms with Crippen LogP contribution in [0.25, 0.3) is 0 Å². The summed E-state index contributed by atoms with van der Waals surface area (Å²) >= 11 is 0. The van der Waals surface area contributed by atoms with E-state index in [1.165, 1.54) is 9.80 Å². The van der Waals surface area contributed by atoms with E-state index in [-0.39, 0.29) is 49.5 Å². The second-order valence-corrected chi connectivity index (χ2v) is 8.59. The zero-order valence-electron chi connectivity index (χ0n) is 18.0. The summed E-state index contributed by atoms with van der Waals surface area (Å²) in [4.78, 5) is 54.9. The van der Waals surface area contributed by atoms with Crippen LogP contribution in [0.1, 0.15) is 36.5 Å². The molecule has 172 valence electrons. The number of hydrogen-bond donors (Lipinski definition) is 3. The van der Waals surface area contributed by atoms with E-state index in [0.29, 0.717) is 25.1 Å². The minimum atomic E-state index is -1.13. The van der Waals surface area contributed by atoms with Crippen molar-refractivity contribution in [1.82, 2.24) is 20.4 Å². The third-order valence-electron chi connectivity index (χ3n) is 6.04. The van der Waals surface area contributed by atoms with Crippen molar-refractivity contribution < 1.29 is 29.0 Å². The second kappa shape index (κ2) is 9.15. The summed E-state index contributed by atoms with van der Waals surface area (Å²) in [6.45, 7) is 2.75. The zero-order valence-corrected chi connectivity index (χ0v) is 18.0. The fourth-order valence-electron chi connectivity index (χ4n) is 4.28. The minimum Gasteiger partial charge on any atom is -0.491 e. The first kappa shape index (κ1) is 22.1. The molecule has 3 aliphatic heterocycles. The molecular formula is C22H28N4O6. The number of hydrogen-bond acceptors (Lipinski definition) is 6. The van der Waals surface area contributed by atoms with Crippen molar-refractivity contribution in [2.75, 3.05) is 26.2 Å². The van der Waals surface area contributed by atoms with Crippen LogP contribution in [0.3, 0.4) is 0 Å². The Hall–Kier alpha value is -3.14. The summed E-state index contributed by atoms with van der Waals surface area (Å²) in [6, 6.07) is 4.52. The number of fused-ring (bicyclic) bond motifs is 2. The van der Waals surface area contributed by atoms with E-state index in [0.717, 1.165) is 0 Å². The van der Waals surface area contributed by atoms with Crippen LogP contribution in [0, 0.1) is 0 Å².